The number of aliphatic carboxylic acids is 1. The fourth-order valence-corrected chi connectivity index (χ4v) is 2.44. The first-order valence-electron chi connectivity index (χ1n) is 5.22. The summed E-state index contributed by atoms with van der Waals surface area (Å²) in [5.74, 6) is -1.39. The van der Waals surface area contributed by atoms with Crippen molar-refractivity contribution >= 4 is 16.0 Å². The number of rotatable bonds is 4. The van der Waals surface area contributed by atoms with E-state index in [1.165, 1.54) is 0 Å². The van der Waals surface area contributed by atoms with Crippen molar-refractivity contribution in [1.29, 1.82) is 0 Å². The predicted molar refractivity (Wildman–Crippen MR) is 61.3 cm³/mol. The third kappa shape index (κ3) is 3.25. The maximum atomic E-state index is 12.3. The summed E-state index contributed by atoms with van der Waals surface area (Å²) in [6.07, 6.45) is -4.25. The van der Waals surface area contributed by atoms with Crippen molar-refractivity contribution in [2.45, 2.75) is 24.2 Å². The topological polar surface area (TPSA) is 87.6 Å². The number of aromatic nitrogens is 1. The minimum absolute atomic E-state index is 0.381. The summed E-state index contributed by atoms with van der Waals surface area (Å²) in [5, 5.41) is 8.09. The van der Waals surface area contributed by atoms with Gasteiger partial charge in [0.2, 0.25) is 0 Å². The molecule has 0 fully saturated rings. The number of halogens is 3. The van der Waals surface area contributed by atoms with Crippen LogP contribution in [0.15, 0.2) is 23.4 Å². The molecule has 1 N–H and O–H groups in total. The third-order valence-electron chi connectivity index (χ3n) is 2.61. The Morgan fingerprint density at radius 1 is 1.40 bits per heavy atom. The molecule has 0 aliphatic carbocycles. The second kappa shape index (κ2) is 5.37. The molecule has 0 spiro atoms. The standard InChI is InChI=1S/C10H11F3N2O4S/c1-6(9(16)17)15(2)20(18,19)8-4-3-7(5-14-8)10(11,12)13/h3-6H,1-2H3,(H,16,17). The monoisotopic (exact) mass is 312 g/mol. The quantitative estimate of drug-likeness (QED) is 0.902. The number of carboxylic acid groups (broad SMARTS) is 1. The second-order valence-corrected chi connectivity index (χ2v) is 5.86. The Hall–Kier alpha value is -1.68. The summed E-state index contributed by atoms with van der Waals surface area (Å²) >= 11 is 0. The summed E-state index contributed by atoms with van der Waals surface area (Å²) in [5.41, 5.74) is -1.09. The summed E-state index contributed by atoms with van der Waals surface area (Å²) in [7, 11) is -3.26. The molecule has 0 amide bonds. The Bertz CT molecular complexity index is 598. The van der Waals surface area contributed by atoms with Gasteiger partial charge in [0.15, 0.2) is 5.03 Å². The first-order chi connectivity index (χ1) is 8.98. The van der Waals surface area contributed by atoms with Crippen molar-refractivity contribution in [2.24, 2.45) is 0 Å². The van der Waals surface area contributed by atoms with Gasteiger partial charge >= 0.3 is 12.1 Å². The van der Waals surface area contributed by atoms with E-state index in [4.69, 9.17) is 5.11 Å². The molecule has 0 aliphatic heterocycles. The molecule has 0 aliphatic rings. The van der Waals surface area contributed by atoms with Crippen LogP contribution < -0.4 is 0 Å². The number of nitrogens with zero attached hydrogens (tertiary/aromatic N) is 2. The molecule has 0 aromatic carbocycles. The van der Waals surface area contributed by atoms with Gasteiger partial charge in [-0.2, -0.15) is 17.5 Å². The molecule has 1 heterocycles. The Balaban J connectivity index is 3.14. The lowest BCUT2D eigenvalue weighted by Gasteiger charge is -2.20. The van der Waals surface area contributed by atoms with E-state index in [1.54, 1.807) is 0 Å². The van der Waals surface area contributed by atoms with Crippen molar-refractivity contribution in [2.75, 3.05) is 7.05 Å². The number of alkyl halides is 3. The molecular weight excluding hydrogens is 301 g/mol. The van der Waals surface area contributed by atoms with Crippen LogP contribution in [-0.4, -0.2) is 41.9 Å². The number of likely N-dealkylation sites (N-methyl/N-ethyl adjacent to an activating group) is 1. The molecule has 0 saturated carbocycles. The van der Waals surface area contributed by atoms with Gasteiger partial charge in [0, 0.05) is 13.2 Å². The van der Waals surface area contributed by atoms with Gasteiger partial charge in [-0.25, -0.2) is 13.4 Å². The molecule has 1 rings (SSSR count). The lowest BCUT2D eigenvalue weighted by molar-refractivity contribution is -0.140. The SMILES string of the molecule is CC(C(=O)O)N(C)S(=O)(=O)c1ccc(C(F)(F)F)cn1. The molecule has 20 heavy (non-hydrogen) atoms. The molecule has 1 aromatic heterocycles. The van der Waals surface area contributed by atoms with Crippen LogP contribution in [0.5, 0.6) is 0 Å². The van der Waals surface area contributed by atoms with Crippen molar-refractivity contribution in [1.82, 2.24) is 9.29 Å². The summed E-state index contributed by atoms with van der Waals surface area (Å²) in [4.78, 5) is 14.0. The lowest BCUT2D eigenvalue weighted by Crippen LogP contribution is -2.40. The highest BCUT2D eigenvalue weighted by atomic mass is 32.2. The average molecular weight is 312 g/mol. The first kappa shape index (κ1) is 16.4. The Labute approximate surface area is 112 Å². The van der Waals surface area contributed by atoms with Crippen molar-refractivity contribution < 1.29 is 31.5 Å². The van der Waals surface area contributed by atoms with Gasteiger partial charge in [-0.05, 0) is 19.1 Å². The number of sulfonamides is 1. The predicted octanol–water partition coefficient (Wildman–Crippen LogP) is 1.19. The van der Waals surface area contributed by atoms with E-state index in [0.29, 0.717) is 22.6 Å². The fourth-order valence-electron chi connectivity index (χ4n) is 1.21. The summed E-state index contributed by atoms with van der Waals surface area (Å²) < 4.78 is 61.4. The maximum Gasteiger partial charge on any atom is 0.417 e. The van der Waals surface area contributed by atoms with Gasteiger partial charge in [0.05, 0.1) is 5.56 Å². The van der Waals surface area contributed by atoms with E-state index in [-0.39, 0.29) is 0 Å². The van der Waals surface area contributed by atoms with Crippen LogP contribution in [0.3, 0.4) is 0 Å². The molecule has 1 aromatic rings. The zero-order chi connectivity index (χ0) is 15.7. The molecular formula is C10H11F3N2O4S. The van der Waals surface area contributed by atoms with E-state index in [9.17, 15) is 26.4 Å². The normalized spacial score (nSPS) is 14.3. The van der Waals surface area contributed by atoms with E-state index >= 15 is 0 Å². The van der Waals surface area contributed by atoms with Gasteiger partial charge in [0.25, 0.3) is 10.0 Å². The third-order valence-corrected chi connectivity index (χ3v) is 4.45. The average Bonchev–Trinajstić information content (AvgIpc) is 2.35. The Morgan fingerprint density at radius 3 is 2.30 bits per heavy atom. The molecule has 0 saturated heterocycles. The number of pyridine rings is 1. The number of carbonyl (C=O) groups is 1. The van der Waals surface area contributed by atoms with Crippen molar-refractivity contribution in [3.63, 3.8) is 0 Å². The minimum Gasteiger partial charge on any atom is -0.480 e. The van der Waals surface area contributed by atoms with Gasteiger partial charge < -0.3 is 5.11 Å². The summed E-state index contributed by atoms with van der Waals surface area (Å²) in [6.45, 7) is 1.13. The van der Waals surface area contributed by atoms with Crippen LogP contribution in [0.25, 0.3) is 0 Å². The van der Waals surface area contributed by atoms with E-state index in [2.05, 4.69) is 4.98 Å². The van der Waals surface area contributed by atoms with Crippen molar-refractivity contribution in [3.8, 4) is 0 Å². The highest BCUT2D eigenvalue weighted by molar-refractivity contribution is 7.89. The van der Waals surface area contributed by atoms with Gasteiger partial charge in [0.1, 0.15) is 6.04 Å². The van der Waals surface area contributed by atoms with E-state index < -0.39 is 38.8 Å². The highest BCUT2D eigenvalue weighted by Gasteiger charge is 2.33. The number of carboxylic acids is 1. The molecule has 1 unspecified atom stereocenters. The van der Waals surface area contributed by atoms with E-state index in [1.807, 2.05) is 0 Å². The number of hydrogen-bond acceptors (Lipinski definition) is 4. The van der Waals surface area contributed by atoms with Crippen LogP contribution in [0.2, 0.25) is 0 Å². The summed E-state index contributed by atoms with van der Waals surface area (Å²) in [6, 6.07) is -0.119. The Morgan fingerprint density at radius 2 is 1.95 bits per heavy atom. The van der Waals surface area contributed by atoms with Crippen molar-refractivity contribution in [3.05, 3.63) is 23.9 Å². The Kier molecular flexibility index (Phi) is 4.39. The number of hydrogen-bond donors (Lipinski definition) is 1. The van der Waals surface area contributed by atoms with Crippen LogP contribution in [0.1, 0.15) is 12.5 Å². The zero-order valence-corrected chi connectivity index (χ0v) is 11.2. The van der Waals surface area contributed by atoms with Gasteiger partial charge in [-0.3, -0.25) is 4.79 Å². The van der Waals surface area contributed by atoms with Crippen LogP contribution in [0, 0.1) is 0 Å². The zero-order valence-electron chi connectivity index (χ0n) is 10.4. The van der Waals surface area contributed by atoms with Crippen LogP contribution in [0.4, 0.5) is 13.2 Å². The van der Waals surface area contributed by atoms with Crippen LogP contribution >= 0.6 is 0 Å². The molecule has 1 atom stereocenters. The van der Waals surface area contributed by atoms with Gasteiger partial charge in [-0.1, -0.05) is 0 Å². The molecule has 6 nitrogen and oxygen atoms in total. The van der Waals surface area contributed by atoms with Gasteiger partial charge in [-0.15, -0.1) is 0 Å². The molecule has 10 heteroatoms. The lowest BCUT2D eigenvalue weighted by atomic mass is 10.3. The largest absolute Gasteiger partial charge is 0.480 e. The smallest absolute Gasteiger partial charge is 0.417 e. The highest BCUT2D eigenvalue weighted by Crippen LogP contribution is 2.29. The molecule has 112 valence electrons. The fraction of sp³-hybridized carbons (Fsp3) is 0.400. The molecule has 0 bridgehead atoms. The molecule has 0 radical (unpaired) electrons. The van der Waals surface area contributed by atoms with E-state index in [0.717, 1.165) is 14.0 Å². The maximum absolute atomic E-state index is 12.3. The second-order valence-electron chi connectivity index (χ2n) is 3.92. The first-order valence-corrected chi connectivity index (χ1v) is 6.66. The minimum atomic E-state index is -4.63. The van der Waals surface area contributed by atoms with Crippen LogP contribution in [-0.2, 0) is 21.0 Å².